The van der Waals surface area contributed by atoms with Crippen molar-refractivity contribution in [3.05, 3.63) is 90.1 Å². The van der Waals surface area contributed by atoms with E-state index in [2.05, 4.69) is 65.9 Å². The summed E-state index contributed by atoms with van der Waals surface area (Å²) >= 11 is 0. The minimum absolute atomic E-state index is 0.726. The molecule has 4 heteroatoms. The summed E-state index contributed by atoms with van der Waals surface area (Å²) in [5.41, 5.74) is 7.77. The van der Waals surface area contributed by atoms with E-state index < -0.39 is 0 Å². The van der Waals surface area contributed by atoms with Crippen molar-refractivity contribution in [2.75, 3.05) is 0 Å². The van der Waals surface area contributed by atoms with Crippen molar-refractivity contribution in [3.63, 3.8) is 0 Å². The van der Waals surface area contributed by atoms with Gasteiger partial charge in [0.15, 0.2) is 11.5 Å². The summed E-state index contributed by atoms with van der Waals surface area (Å²) in [6, 6.07) is 24.9. The molecule has 0 fully saturated rings. The number of imidazole rings is 1. The van der Waals surface area contributed by atoms with E-state index in [0.717, 1.165) is 55.7 Å². The molecule has 0 saturated carbocycles. The van der Waals surface area contributed by atoms with Gasteiger partial charge in [-0.3, -0.25) is 4.57 Å². The lowest BCUT2D eigenvalue weighted by Gasteiger charge is -2.10. The van der Waals surface area contributed by atoms with E-state index in [1.807, 2.05) is 36.5 Å². The molecule has 0 aliphatic carbocycles. The number of para-hydroxylation sites is 2. The molecule has 30 heavy (non-hydrogen) atoms. The molecule has 0 bridgehead atoms. The maximum absolute atomic E-state index is 6.36. The van der Waals surface area contributed by atoms with E-state index in [1.54, 1.807) is 0 Å². The number of aromatic nitrogens is 3. The molecule has 3 heterocycles. The molecule has 0 unspecified atom stereocenters. The van der Waals surface area contributed by atoms with Crippen LogP contribution in [0.4, 0.5) is 0 Å². The van der Waals surface area contributed by atoms with Crippen molar-refractivity contribution < 1.29 is 4.42 Å². The van der Waals surface area contributed by atoms with E-state index in [-0.39, 0.29) is 0 Å². The molecule has 0 spiro atoms. The summed E-state index contributed by atoms with van der Waals surface area (Å²) in [7, 11) is 0. The Hall–Kier alpha value is -3.92. The molecule has 0 N–H and O–H groups in total. The second kappa shape index (κ2) is 6.29. The second-order valence-electron chi connectivity index (χ2n) is 7.69. The van der Waals surface area contributed by atoms with Gasteiger partial charge in [0, 0.05) is 22.7 Å². The standard InChI is InChI=1S/C26H19N3O/c1-16-14-21-25(27-15-16)28-26(29(21)18-8-4-3-5-9-18)20-13-12-17(2)23-19-10-6-7-11-22(19)30-24(20)23/h3-15H,1-2H3. The second-order valence-corrected chi connectivity index (χ2v) is 7.69. The minimum atomic E-state index is 0.726. The lowest BCUT2D eigenvalue weighted by molar-refractivity contribution is 0.669. The first kappa shape index (κ1) is 17.0. The Morgan fingerprint density at radius 3 is 2.53 bits per heavy atom. The van der Waals surface area contributed by atoms with Crippen LogP contribution in [0.5, 0.6) is 0 Å². The molecule has 0 atom stereocenters. The Morgan fingerprint density at radius 2 is 1.67 bits per heavy atom. The molecule has 6 rings (SSSR count). The van der Waals surface area contributed by atoms with Gasteiger partial charge in [-0.15, -0.1) is 0 Å². The molecule has 0 aliphatic heterocycles. The number of aryl methyl sites for hydroxylation is 2. The van der Waals surface area contributed by atoms with Crippen LogP contribution in [-0.2, 0) is 0 Å². The Balaban J connectivity index is 1.76. The highest BCUT2D eigenvalue weighted by molar-refractivity contribution is 6.11. The molecule has 3 aromatic carbocycles. The normalized spacial score (nSPS) is 11.7. The maximum Gasteiger partial charge on any atom is 0.178 e. The Bertz CT molecular complexity index is 1560. The number of pyridine rings is 1. The first-order valence-electron chi connectivity index (χ1n) is 10.0. The topological polar surface area (TPSA) is 43.9 Å². The summed E-state index contributed by atoms with van der Waals surface area (Å²) < 4.78 is 8.53. The molecule has 0 amide bonds. The van der Waals surface area contributed by atoms with Crippen LogP contribution in [0.3, 0.4) is 0 Å². The highest BCUT2D eigenvalue weighted by Gasteiger charge is 2.21. The average molecular weight is 389 g/mol. The fourth-order valence-electron chi connectivity index (χ4n) is 4.25. The van der Waals surface area contributed by atoms with Crippen molar-refractivity contribution >= 4 is 33.1 Å². The maximum atomic E-state index is 6.36. The fraction of sp³-hybridized carbons (Fsp3) is 0.0769. The van der Waals surface area contributed by atoms with Crippen LogP contribution in [0, 0.1) is 13.8 Å². The summed E-state index contributed by atoms with van der Waals surface area (Å²) in [6.45, 7) is 4.18. The van der Waals surface area contributed by atoms with Gasteiger partial charge >= 0.3 is 0 Å². The monoisotopic (exact) mass is 389 g/mol. The SMILES string of the molecule is Cc1cnc2nc(-c3ccc(C)c4c3oc3ccccc34)n(-c3ccccc3)c2c1. The van der Waals surface area contributed by atoms with Gasteiger partial charge in [0.2, 0.25) is 0 Å². The summed E-state index contributed by atoms with van der Waals surface area (Å²) in [5, 5.41) is 2.27. The molecule has 0 radical (unpaired) electrons. The number of rotatable bonds is 2. The van der Waals surface area contributed by atoms with Gasteiger partial charge in [-0.2, -0.15) is 0 Å². The summed E-state index contributed by atoms with van der Waals surface area (Å²) in [4.78, 5) is 9.53. The van der Waals surface area contributed by atoms with Crippen molar-refractivity contribution in [3.8, 4) is 17.1 Å². The van der Waals surface area contributed by atoms with Gasteiger partial charge in [0.25, 0.3) is 0 Å². The largest absolute Gasteiger partial charge is 0.455 e. The molecular formula is C26H19N3O. The lowest BCUT2D eigenvalue weighted by atomic mass is 10.0. The van der Waals surface area contributed by atoms with E-state index in [4.69, 9.17) is 9.40 Å². The Labute approximate surface area is 173 Å². The first-order valence-corrected chi connectivity index (χ1v) is 10.0. The fourth-order valence-corrected chi connectivity index (χ4v) is 4.25. The zero-order valence-corrected chi connectivity index (χ0v) is 16.8. The first-order chi connectivity index (χ1) is 14.7. The minimum Gasteiger partial charge on any atom is -0.455 e. The number of benzene rings is 3. The van der Waals surface area contributed by atoms with Gasteiger partial charge in [-0.1, -0.05) is 42.5 Å². The van der Waals surface area contributed by atoms with Crippen molar-refractivity contribution in [1.82, 2.24) is 14.5 Å². The Morgan fingerprint density at radius 1 is 0.867 bits per heavy atom. The smallest absolute Gasteiger partial charge is 0.178 e. The number of nitrogens with zero attached hydrogens (tertiary/aromatic N) is 3. The number of fused-ring (bicyclic) bond motifs is 4. The lowest BCUT2D eigenvalue weighted by Crippen LogP contribution is -1.98. The number of furan rings is 1. The molecule has 0 saturated heterocycles. The van der Waals surface area contributed by atoms with Crippen molar-refractivity contribution in [2.24, 2.45) is 0 Å². The Kier molecular flexibility index (Phi) is 3.56. The van der Waals surface area contributed by atoms with Crippen LogP contribution in [-0.4, -0.2) is 14.5 Å². The quantitative estimate of drug-likeness (QED) is 0.335. The molecule has 3 aromatic heterocycles. The number of hydrogen-bond acceptors (Lipinski definition) is 3. The van der Waals surface area contributed by atoms with E-state index in [9.17, 15) is 0 Å². The summed E-state index contributed by atoms with van der Waals surface area (Å²) in [6.07, 6.45) is 1.86. The van der Waals surface area contributed by atoms with Gasteiger partial charge in [-0.25, -0.2) is 9.97 Å². The summed E-state index contributed by atoms with van der Waals surface area (Å²) in [5.74, 6) is 0.832. The third kappa shape index (κ3) is 2.40. The third-order valence-corrected chi connectivity index (χ3v) is 5.64. The molecule has 144 valence electrons. The van der Waals surface area contributed by atoms with Crippen LogP contribution in [0.15, 0.2) is 83.4 Å². The molecular weight excluding hydrogens is 370 g/mol. The van der Waals surface area contributed by atoms with Crippen LogP contribution < -0.4 is 0 Å². The highest BCUT2D eigenvalue weighted by Crippen LogP contribution is 2.39. The molecule has 4 nitrogen and oxygen atoms in total. The van der Waals surface area contributed by atoms with Crippen LogP contribution >= 0.6 is 0 Å². The van der Waals surface area contributed by atoms with Crippen LogP contribution in [0.1, 0.15) is 11.1 Å². The van der Waals surface area contributed by atoms with Gasteiger partial charge in [0.05, 0.1) is 11.1 Å². The zero-order valence-electron chi connectivity index (χ0n) is 16.8. The third-order valence-electron chi connectivity index (χ3n) is 5.64. The van der Waals surface area contributed by atoms with E-state index >= 15 is 0 Å². The number of hydrogen-bond donors (Lipinski definition) is 0. The van der Waals surface area contributed by atoms with Gasteiger partial charge in [0.1, 0.15) is 11.2 Å². The van der Waals surface area contributed by atoms with Crippen molar-refractivity contribution in [2.45, 2.75) is 13.8 Å². The average Bonchev–Trinajstić information content (AvgIpc) is 3.33. The predicted octanol–water partition coefficient (Wildman–Crippen LogP) is 6.60. The van der Waals surface area contributed by atoms with Crippen LogP contribution in [0.25, 0.3) is 50.2 Å². The van der Waals surface area contributed by atoms with E-state index in [1.165, 1.54) is 5.56 Å². The van der Waals surface area contributed by atoms with Crippen LogP contribution in [0.2, 0.25) is 0 Å². The van der Waals surface area contributed by atoms with Crippen molar-refractivity contribution in [1.29, 1.82) is 0 Å². The predicted molar refractivity (Wildman–Crippen MR) is 121 cm³/mol. The van der Waals surface area contributed by atoms with E-state index in [0.29, 0.717) is 0 Å². The van der Waals surface area contributed by atoms with Gasteiger partial charge < -0.3 is 4.42 Å². The highest BCUT2D eigenvalue weighted by atomic mass is 16.3. The molecule has 0 aliphatic rings. The zero-order chi connectivity index (χ0) is 20.2. The van der Waals surface area contributed by atoms with Gasteiger partial charge in [-0.05, 0) is 55.3 Å². The molecule has 6 aromatic rings.